The zero-order valence-corrected chi connectivity index (χ0v) is 9.35. The Balaban J connectivity index is 2.26. The fraction of sp³-hybridized carbons (Fsp3) is 0.250. The second-order valence-electron chi connectivity index (χ2n) is 3.61. The molecule has 90 valence electrons. The monoisotopic (exact) mass is 236 g/mol. The van der Waals surface area contributed by atoms with E-state index >= 15 is 0 Å². The fourth-order valence-electron chi connectivity index (χ4n) is 1.71. The van der Waals surface area contributed by atoms with E-state index in [1.54, 1.807) is 18.5 Å². The van der Waals surface area contributed by atoms with Gasteiger partial charge in [-0.15, -0.1) is 0 Å². The maximum absolute atomic E-state index is 13.6. The Morgan fingerprint density at radius 3 is 3.00 bits per heavy atom. The maximum atomic E-state index is 13.6. The third kappa shape index (κ3) is 2.45. The summed E-state index contributed by atoms with van der Waals surface area (Å²) in [5.41, 5.74) is 0.159. The van der Waals surface area contributed by atoms with E-state index in [4.69, 9.17) is 4.74 Å². The summed E-state index contributed by atoms with van der Waals surface area (Å²) < 4.78 is 18.7. The molecule has 0 radical (unpaired) electrons. The molecule has 1 aromatic carbocycles. The fourth-order valence-corrected chi connectivity index (χ4v) is 1.71. The van der Waals surface area contributed by atoms with Crippen molar-refractivity contribution in [2.45, 2.75) is 12.5 Å². The molecule has 0 fully saturated rings. The van der Waals surface area contributed by atoms with Crippen LogP contribution in [0.4, 0.5) is 4.39 Å². The third-order valence-corrected chi connectivity index (χ3v) is 2.51. The van der Waals surface area contributed by atoms with E-state index in [-0.39, 0.29) is 12.0 Å². The molecule has 2 N–H and O–H groups in total. The summed E-state index contributed by atoms with van der Waals surface area (Å²) in [6.07, 6.45) is 2.46. The molecule has 4 nitrogen and oxygen atoms in total. The van der Waals surface area contributed by atoms with Crippen molar-refractivity contribution in [1.29, 1.82) is 0 Å². The van der Waals surface area contributed by atoms with Gasteiger partial charge in [-0.2, -0.15) is 0 Å². The first kappa shape index (κ1) is 11.6. The minimum atomic E-state index is -0.989. The number of halogens is 1. The van der Waals surface area contributed by atoms with Gasteiger partial charge in [0.15, 0.2) is 0 Å². The molecule has 0 bridgehead atoms. The van der Waals surface area contributed by atoms with Gasteiger partial charge in [0.05, 0.1) is 18.8 Å². The summed E-state index contributed by atoms with van der Waals surface area (Å²) in [5, 5.41) is 10.0. The highest BCUT2D eigenvalue weighted by molar-refractivity contribution is 5.36. The predicted octanol–water partition coefficient (Wildman–Crippen LogP) is 1.83. The predicted molar refractivity (Wildman–Crippen MR) is 60.2 cm³/mol. The lowest BCUT2D eigenvalue weighted by molar-refractivity contribution is 0.166. The second-order valence-corrected chi connectivity index (χ2v) is 3.61. The van der Waals surface area contributed by atoms with E-state index in [0.29, 0.717) is 11.6 Å². The number of rotatable bonds is 4. The number of aromatic nitrogens is 2. The number of aromatic amines is 1. The average Bonchev–Trinajstić information content (AvgIpc) is 2.81. The van der Waals surface area contributed by atoms with Crippen molar-refractivity contribution in [2.75, 3.05) is 7.11 Å². The SMILES string of the molecule is COc1cccc(F)c1C(O)Cc1ncc[nH]1. The van der Waals surface area contributed by atoms with Crippen LogP contribution in [0, 0.1) is 5.82 Å². The van der Waals surface area contributed by atoms with Crippen LogP contribution in [0.5, 0.6) is 5.75 Å². The summed E-state index contributed by atoms with van der Waals surface area (Å²) in [7, 11) is 1.44. The van der Waals surface area contributed by atoms with E-state index in [0.717, 1.165) is 0 Å². The van der Waals surface area contributed by atoms with Crippen molar-refractivity contribution in [1.82, 2.24) is 9.97 Å². The number of H-pyrrole nitrogens is 1. The molecule has 2 rings (SSSR count). The van der Waals surface area contributed by atoms with E-state index in [1.165, 1.54) is 19.2 Å². The average molecular weight is 236 g/mol. The summed E-state index contributed by atoms with van der Waals surface area (Å²) in [6, 6.07) is 4.45. The van der Waals surface area contributed by atoms with E-state index < -0.39 is 11.9 Å². The molecule has 0 aliphatic carbocycles. The van der Waals surface area contributed by atoms with Crippen molar-refractivity contribution >= 4 is 0 Å². The Morgan fingerprint density at radius 1 is 1.53 bits per heavy atom. The van der Waals surface area contributed by atoms with Gasteiger partial charge < -0.3 is 14.8 Å². The number of nitrogens with zero attached hydrogens (tertiary/aromatic N) is 1. The smallest absolute Gasteiger partial charge is 0.132 e. The van der Waals surface area contributed by atoms with E-state index in [1.807, 2.05) is 0 Å². The molecule has 0 amide bonds. The maximum Gasteiger partial charge on any atom is 0.132 e. The Kier molecular flexibility index (Phi) is 3.39. The number of ether oxygens (including phenoxy) is 1. The Morgan fingerprint density at radius 2 is 2.35 bits per heavy atom. The first-order valence-corrected chi connectivity index (χ1v) is 5.21. The number of hydrogen-bond acceptors (Lipinski definition) is 3. The van der Waals surface area contributed by atoms with Crippen LogP contribution in [0.15, 0.2) is 30.6 Å². The van der Waals surface area contributed by atoms with E-state index in [9.17, 15) is 9.50 Å². The molecular weight excluding hydrogens is 223 g/mol. The second kappa shape index (κ2) is 4.97. The van der Waals surface area contributed by atoms with Gasteiger partial charge in [0, 0.05) is 18.8 Å². The molecule has 1 unspecified atom stereocenters. The number of aliphatic hydroxyl groups is 1. The van der Waals surface area contributed by atoms with Gasteiger partial charge in [-0.05, 0) is 12.1 Å². The number of nitrogens with one attached hydrogen (secondary N) is 1. The number of imidazole rings is 1. The Labute approximate surface area is 98.1 Å². The van der Waals surface area contributed by atoms with Crippen molar-refractivity contribution < 1.29 is 14.2 Å². The van der Waals surface area contributed by atoms with Crippen molar-refractivity contribution in [3.05, 3.63) is 47.8 Å². The van der Waals surface area contributed by atoms with Gasteiger partial charge >= 0.3 is 0 Å². The van der Waals surface area contributed by atoms with Crippen LogP contribution in [0.2, 0.25) is 0 Å². The Bertz CT molecular complexity index is 485. The Hall–Kier alpha value is -1.88. The van der Waals surface area contributed by atoms with Gasteiger partial charge in [-0.3, -0.25) is 0 Å². The first-order chi connectivity index (χ1) is 8.22. The van der Waals surface area contributed by atoms with Crippen LogP contribution in [-0.2, 0) is 6.42 Å². The van der Waals surface area contributed by atoms with Gasteiger partial charge in [0.25, 0.3) is 0 Å². The van der Waals surface area contributed by atoms with Crippen LogP contribution in [0.3, 0.4) is 0 Å². The lowest BCUT2D eigenvalue weighted by Gasteiger charge is -2.14. The van der Waals surface area contributed by atoms with E-state index in [2.05, 4.69) is 9.97 Å². The number of hydrogen-bond donors (Lipinski definition) is 2. The molecule has 17 heavy (non-hydrogen) atoms. The molecule has 0 aliphatic heterocycles. The highest BCUT2D eigenvalue weighted by Crippen LogP contribution is 2.29. The molecule has 2 aromatic rings. The van der Waals surface area contributed by atoms with Gasteiger partial charge in [0.1, 0.15) is 17.4 Å². The number of benzene rings is 1. The summed E-state index contributed by atoms with van der Waals surface area (Å²) in [6.45, 7) is 0. The molecule has 0 spiro atoms. The number of aliphatic hydroxyl groups excluding tert-OH is 1. The summed E-state index contributed by atoms with van der Waals surface area (Å²) in [4.78, 5) is 6.85. The quantitative estimate of drug-likeness (QED) is 0.851. The molecular formula is C12H13FN2O2. The zero-order valence-electron chi connectivity index (χ0n) is 9.35. The van der Waals surface area contributed by atoms with Gasteiger partial charge in [0.2, 0.25) is 0 Å². The minimum absolute atomic E-state index is 0.159. The summed E-state index contributed by atoms with van der Waals surface area (Å²) in [5.74, 6) is 0.454. The molecule has 0 aliphatic rings. The van der Waals surface area contributed by atoms with Crippen molar-refractivity contribution in [3.63, 3.8) is 0 Å². The zero-order chi connectivity index (χ0) is 12.3. The lowest BCUT2D eigenvalue weighted by atomic mass is 10.0. The summed E-state index contributed by atoms with van der Waals surface area (Å²) >= 11 is 0. The molecule has 1 heterocycles. The van der Waals surface area contributed by atoms with Gasteiger partial charge in [-0.25, -0.2) is 9.37 Å². The highest BCUT2D eigenvalue weighted by Gasteiger charge is 2.19. The molecule has 5 heteroatoms. The van der Waals surface area contributed by atoms with Crippen molar-refractivity contribution in [2.24, 2.45) is 0 Å². The lowest BCUT2D eigenvalue weighted by Crippen LogP contribution is -2.07. The van der Waals surface area contributed by atoms with Crippen LogP contribution >= 0.6 is 0 Å². The third-order valence-electron chi connectivity index (χ3n) is 2.51. The normalized spacial score (nSPS) is 12.4. The molecule has 1 aromatic heterocycles. The molecule has 0 saturated carbocycles. The van der Waals surface area contributed by atoms with Crippen LogP contribution in [0.1, 0.15) is 17.5 Å². The molecule has 1 atom stereocenters. The minimum Gasteiger partial charge on any atom is -0.496 e. The van der Waals surface area contributed by atoms with Gasteiger partial charge in [-0.1, -0.05) is 6.07 Å². The highest BCUT2D eigenvalue weighted by atomic mass is 19.1. The van der Waals surface area contributed by atoms with Crippen LogP contribution < -0.4 is 4.74 Å². The first-order valence-electron chi connectivity index (χ1n) is 5.21. The topological polar surface area (TPSA) is 58.1 Å². The van der Waals surface area contributed by atoms with Crippen LogP contribution in [0.25, 0.3) is 0 Å². The largest absolute Gasteiger partial charge is 0.496 e. The number of methoxy groups -OCH3 is 1. The van der Waals surface area contributed by atoms with Crippen molar-refractivity contribution in [3.8, 4) is 5.75 Å². The standard InChI is InChI=1S/C12H13FN2O2/c1-17-10-4-2-3-8(13)12(10)9(16)7-11-14-5-6-15-11/h2-6,9,16H,7H2,1H3,(H,14,15). The molecule has 0 saturated heterocycles. The van der Waals surface area contributed by atoms with Crippen LogP contribution in [-0.4, -0.2) is 22.2 Å².